The number of anilines is 1. The van der Waals surface area contributed by atoms with Crippen molar-refractivity contribution in [2.45, 2.75) is 10.5 Å². The molecule has 3 aromatic rings. The van der Waals surface area contributed by atoms with E-state index in [9.17, 15) is 23.2 Å². The van der Waals surface area contributed by atoms with Gasteiger partial charge in [0.2, 0.25) is 0 Å². The topological polar surface area (TPSA) is 82.2 Å². The molecule has 0 aliphatic carbocycles. The highest BCUT2D eigenvalue weighted by atomic mass is 79.9. The largest absolute Gasteiger partial charge is 0.447 e. The summed E-state index contributed by atoms with van der Waals surface area (Å²) in [6.07, 6.45) is 1.48. The average Bonchev–Trinajstić information content (AvgIpc) is 3.07. The number of alkyl halides is 3. The van der Waals surface area contributed by atoms with Gasteiger partial charge in [-0.1, -0.05) is 5.92 Å². The summed E-state index contributed by atoms with van der Waals surface area (Å²) >= 11 is 2.99. The Hall–Kier alpha value is -3.15. The van der Waals surface area contributed by atoms with Crippen LogP contribution in [0.3, 0.4) is 0 Å². The summed E-state index contributed by atoms with van der Waals surface area (Å²) in [6, 6.07) is 9.82. The first-order valence-corrected chi connectivity index (χ1v) is 10.3. The molecule has 3 rings (SSSR count). The number of carbonyl (C=O) groups excluding carboxylic acids is 1. The lowest BCUT2D eigenvalue weighted by molar-refractivity contribution is -0.0330. The fourth-order valence-electron chi connectivity index (χ4n) is 2.65. The lowest BCUT2D eigenvalue weighted by Crippen LogP contribution is -2.18. The van der Waals surface area contributed by atoms with Gasteiger partial charge in [-0.2, -0.15) is 18.4 Å². The van der Waals surface area contributed by atoms with Crippen LogP contribution in [0.15, 0.2) is 46.0 Å². The lowest BCUT2D eigenvalue weighted by Gasteiger charge is -2.07. The summed E-state index contributed by atoms with van der Waals surface area (Å²) in [5.41, 5.74) is -3.16. The Labute approximate surface area is 188 Å². The summed E-state index contributed by atoms with van der Waals surface area (Å²) in [7, 11) is 1.49. The van der Waals surface area contributed by atoms with Crippen LogP contribution < -0.4 is 10.6 Å². The number of nitriles is 1. The number of nitrogens with one attached hydrogen (secondary N) is 2. The molecule has 2 aromatic heterocycles. The zero-order valence-corrected chi connectivity index (χ0v) is 18.2. The molecule has 0 spiro atoms. The van der Waals surface area contributed by atoms with Gasteiger partial charge in [0.1, 0.15) is 16.8 Å². The lowest BCUT2D eigenvalue weighted by atomic mass is 10.1. The number of imidazole rings is 1. The molecule has 158 valence electrons. The number of aromatic nitrogens is 2. The van der Waals surface area contributed by atoms with Gasteiger partial charge in [0.25, 0.3) is 5.91 Å². The van der Waals surface area contributed by atoms with Crippen LogP contribution in [0, 0.1) is 23.2 Å². The third-order valence-corrected chi connectivity index (χ3v) is 5.41. The van der Waals surface area contributed by atoms with Gasteiger partial charge in [-0.05, 0) is 52.2 Å². The van der Waals surface area contributed by atoms with Crippen LogP contribution in [-0.4, -0.2) is 34.4 Å². The zero-order valence-electron chi connectivity index (χ0n) is 15.8. The molecule has 0 aliphatic heterocycles. The van der Waals surface area contributed by atoms with Crippen LogP contribution in [0.5, 0.6) is 0 Å². The number of amides is 1. The zero-order chi connectivity index (χ0) is 22.6. The van der Waals surface area contributed by atoms with Gasteiger partial charge in [0.05, 0.1) is 22.3 Å². The SMILES string of the molecule is CNC(=O)c1ccc(NCC#Cc2nc3c(Br)cccn3c2SC(F)(F)F)c(C#N)c1. The number of thioether (sulfide) groups is 1. The first-order chi connectivity index (χ1) is 14.7. The van der Waals surface area contributed by atoms with E-state index in [0.717, 1.165) is 0 Å². The second-order valence-electron chi connectivity index (χ2n) is 5.97. The second kappa shape index (κ2) is 9.33. The van der Waals surface area contributed by atoms with Gasteiger partial charge < -0.3 is 10.6 Å². The van der Waals surface area contributed by atoms with E-state index in [-0.39, 0.29) is 40.5 Å². The highest BCUT2D eigenvalue weighted by molar-refractivity contribution is 9.10. The number of pyridine rings is 1. The van der Waals surface area contributed by atoms with Gasteiger partial charge in [-0.3, -0.25) is 9.20 Å². The second-order valence-corrected chi connectivity index (χ2v) is 7.88. The van der Waals surface area contributed by atoms with E-state index in [0.29, 0.717) is 21.4 Å². The summed E-state index contributed by atoms with van der Waals surface area (Å²) < 4.78 is 40.9. The molecule has 31 heavy (non-hydrogen) atoms. The van der Waals surface area contributed by atoms with E-state index in [1.54, 1.807) is 24.3 Å². The minimum atomic E-state index is -4.50. The molecule has 2 N–H and O–H groups in total. The maximum atomic E-state index is 13.0. The number of halogens is 4. The molecule has 0 saturated heterocycles. The van der Waals surface area contributed by atoms with Crippen molar-refractivity contribution in [2.75, 3.05) is 18.9 Å². The van der Waals surface area contributed by atoms with Crippen LogP contribution in [0.25, 0.3) is 5.65 Å². The summed E-state index contributed by atoms with van der Waals surface area (Å²) in [4.78, 5) is 15.9. The van der Waals surface area contributed by atoms with E-state index in [4.69, 9.17) is 0 Å². The van der Waals surface area contributed by atoms with Crippen molar-refractivity contribution < 1.29 is 18.0 Å². The first kappa shape index (κ1) is 22.5. The summed E-state index contributed by atoms with van der Waals surface area (Å²) in [5, 5.41) is 14.6. The molecular weight excluding hydrogens is 495 g/mol. The van der Waals surface area contributed by atoms with Crippen LogP contribution in [0.4, 0.5) is 18.9 Å². The molecule has 0 fully saturated rings. The Balaban J connectivity index is 1.85. The fourth-order valence-corrected chi connectivity index (χ4v) is 3.74. The van der Waals surface area contributed by atoms with Gasteiger partial charge in [-0.25, -0.2) is 4.98 Å². The van der Waals surface area contributed by atoms with Crippen LogP contribution >= 0.6 is 27.7 Å². The van der Waals surface area contributed by atoms with Crippen LogP contribution in [0.2, 0.25) is 0 Å². The Morgan fingerprint density at radius 2 is 2.13 bits per heavy atom. The smallest absolute Gasteiger partial charge is 0.373 e. The number of benzene rings is 1. The number of rotatable bonds is 4. The highest BCUT2D eigenvalue weighted by Gasteiger charge is 2.33. The van der Waals surface area contributed by atoms with Crippen molar-refractivity contribution in [3.63, 3.8) is 0 Å². The van der Waals surface area contributed by atoms with E-state index in [2.05, 4.69) is 43.4 Å². The maximum Gasteiger partial charge on any atom is 0.447 e. The third-order valence-electron chi connectivity index (χ3n) is 3.97. The molecule has 0 atom stereocenters. The molecule has 0 aliphatic rings. The number of nitrogens with zero attached hydrogens (tertiary/aromatic N) is 3. The molecule has 11 heteroatoms. The van der Waals surface area contributed by atoms with Gasteiger partial charge in [0, 0.05) is 30.6 Å². The summed E-state index contributed by atoms with van der Waals surface area (Å²) in [6.45, 7) is 0.0547. The number of hydrogen-bond donors (Lipinski definition) is 2. The molecule has 6 nitrogen and oxygen atoms in total. The Morgan fingerprint density at radius 1 is 1.35 bits per heavy atom. The number of fused-ring (bicyclic) bond motifs is 1. The molecule has 0 saturated carbocycles. The van der Waals surface area contributed by atoms with Crippen molar-refractivity contribution >= 4 is 44.9 Å². The minimum Gasteiger partial charge on any atom is -0.373 e. The van der Waals surface area contributed by atoms with Crippen molar-refractivity contribution in [3.8, 4) is 17.9 Å². The molecule has 0 bridgehead atoms. The fraction of sp³-hybridized carbons (Fsp3) is 0.150. The monoisotopic (exact) mass is 507 g/mol. The van der Waals surface area contributed by atoms with Crippen LogP contribution in [0.1, 0.15) is 21.6 Å². The van der Waals surface area contributed by atoms with E-state index in [1.165, 1.54) is 23.7 Å². The standard InChI is InChI=1S/C20H13BrF3N5OS/c1-26-18(30)12-6-7-15(13(10-12)11-25)27-8-2-5-16-19(31-20(22,23)24)29-9-3-4-14(21)17(29)28-16/h3-4,6-7,9-10,27H,8H2,1H3,(H,26,30). The van der Waals surface area contributed by atoms with E-state index in [1.807, 2.05) is 6.07 Å². The van der Waals surface area contributed by atoms with Crippen molar-refractivity contribution in [3.05, 3.63) is 57.8 Å². The van der Waals surface area contributed by atoms with Gasteiger partial charge >= 0.3 is 5.51 Å². The molecule has 1 amide bonds. The molecule has 0 unspecified atom stereocenters. The molecule has 2 heterocycles. The average molecular weight is 508 g/mol. The Kier molecular flexibility index (Phi) is 6.78. The molecule has 0 radical (unpaired) electrons. The normalized spacial score (nSPS) is 10.8. The quantitative estimate of drug-likeness (QED) is 0.404. The van der Waals surface area contributed by atoms with E-state index < -0.39 is 5.51 Å². The molecular formula is C20H13BrF3N5OS. The van der Waals surface area contributed by atoms with Crippen molar-refractivity contribution in [1.29, 1.82) is 5.26 Å². The maximum absolute atomic E-state index is 13.0. The van der Waals surface area contributed by atoms with Crippen LogP contribution in [-0.2, 0) is 0 Å². The van der Waals surface area contributed by atoms with Gasteiger partial charge in [-0.15, -0.1) is 0 Å². The minimum absolute atomic E-state index is 0.00787. The third kappa shape index (κ3) is 5.32. The first-order valence-electron chi connectivity index (χ1n) is 8.65. The number of carbonyl (C=O) groups is 1. The van der Waals surface area contributed by atoms with Crippen molar-refractivity contribution in [2.24, 2.45) is 0 Å². The predicted molar refractivity (Wildman–Crippen MR) is 115 cm³/mol. The van der Waals surface area contributed by atoms with Gasteiger partial charge in [0.15, 0.2) is 5.65 Å². The Bertz CT molecular complexity index is 1250. The highest BCUT2D eigenvalue weighted by Crippen LogP contribution is 2.39. The summed E-state index contributed by atoms with van der Waals surface area (Å²) in [5.74, 6) is 5.08. The Morgan fingerprint density at radius 3 is 2.81 bits per heavy atom. The predicted octanol–water partition coefficient (Wildman–Crippen LogP) is 4.40. The van der Waals surface area contributed by atoms with Crippen molar-refractivity contribution in [1.82, 2.24) is 14.7 Å². The van der Waals surface area contributed by atoms with E-state index >= 15 is 0 Å². The molecule has 1 aromatic carbocycles. The number of hydrogen-bond acceptors (Lipinski definition) is 5.